The second kappa shape index (κ2) is 6.16. The van der Waals surface area contributed by atoms with Gasteiger partial charge in [0.2, 0.25) is 0 Å². The molecule has 0 saturated carbocycles. The number of nitrogens with one attached hydrogen (secondary N) is 2. The molecule has 1 aliphatic heterocycles. The van der Waals surface area contributed by atoms with Crippen molar-refractivity contribution in [1.82, 2.24) is 10.6 Å². The molecule has 4 nitrogen and oxygen atoms in total. The average Bonchev–Trinajstić information content (AvgIpc) is 2.75. The van der Waals surface area contributed by atoms with Crippen LogP contribution in [0, 0.1) is 6.92 Å². The number of allylic oxidation sites excluding steroid dienone is 1. The molecule has 0 spiro atoms. The first kappa shape index (κ1) is 14.0. The number of thiophene rings is 1. The van der Waals surface area contributed by atoms with E-state index < -0.39 is 0 Å². The van der Waals surface area contributed by atoms with Crippen LogP contribution in [-0.4, -0.2) is 24.2 Å². The third kappa shape index (κ3) is 3.54. The van der Waals surface area contributed by atoms with Gasteiger partial charge in [0.25, 0.3) is 0 Å². The Bertz CT molecular complexity index is 535. The Balaban J connectivity index is 1.86. The summed E-state index contributed by atoms with van der Waals surface area (Å²) in [6.07, 6.45) is 0.765. The van der Waals surface area contributed by atoms with Gasteiger partial charge in [0.15, 0.2) is 5.11 Å². The zero-order valence-corrected chi connectivity index (χ0v) is 12.5. The van der Waals surface area contributed by atoms with E-state index >= 15 is 0 Å². The van der Waals surface area contributed by atoms with E-state index in [4.69, 9.17) is 17.0 Å². The summed E-state index contributed by atoms with van der Waals surface area (Å²) in [4.78, 5) is 13.2. The maximum Gasteiger partial charge on any atom is 0.337 e. The second-order valence-electron chi connectivity index (χ2n) is 4.32. The Morgan fingerprint density at radius 2 is 2.32 bits per heavy atom. The van der Waals surface area contributed by atoms with Crippen LogP contribution in [0.3, 0.4) is 0 Å². The molecular formula is C13H16N2O2S2. The number of carbonyl (C=O) groups is 1. The second-order valence-corrected chi connectivity index (χ2v) is 5.73. The molecule has 2 N–H and O–H groups in total. The Kier molecular flexibility index (Phi) is 4.55. The van der Waals surface area contributed by atoms with E-state index in [0.29, 0.717) is 23.8 Å². The van der Waals surface area contributed by atoms with Crippen LogP contribution in [0.2, 0.25) is 0 Å². The maximum atomic E-state index is 11.9. The minimum Gasteiger partial charge on any atom is -0.462 e. The molecule has 2 heterocycles. The van der Waals surface area contributed by atoms with E-state index in [0.717, 1.165) is 12.1 Å². The van der Waals surface area contributed by atoms with Gasteiger partial charge < -0.3 is 15.4 Å². The first-order valence-electron chi connectivity index (χ1n) is 6.02. The summed E-state index contributed by atoms with van der Waals surface area (Å²) < 4.78 is 5.30. The van der Waals surface area contributed by atoms with Crippen molar-refractivity contribution in [2.45, 2.75) is 20.3 Å². The van der Waals surface area contributed by atoms with Crippen LogP contribution < -0.4 is 10.6 Å². The van der Waals surface area contributed by atoms with Gasteiger partial charge in [-0.3, -0.25) is 0 Å². The van der Waals surface area contributed by atoms with Crippen molar-refractivity contribution in [3.8, 4) is 0 Å². The lowest BCUT2D eigenvalue weighted by molar-refractivity contribution is -0.139. The van der Waals surface area contributed by atoms with Gasteiger partial charge in [0, 0.05) is 17.0 Å². The molecule has 0 bridgehead atoms. The maximum absolute atomic E-state index is 11.9. The van der Waals surface area contributed by atoms with E-state index in [1.807, 2.05) is 6.92 Å². The van der Waals surface area contributed by atoms with Crippen molar-refractivity contribution in [2.75, 3.05) is 13.2 Å². The lowest BCUT2D eigenvalue weighted by Gasteiger charge is -2.20. The third-order valence-electron chi connectivity index (χ3n) is 2.96. The zero-order valence-electron chi connectivity index (χ0n) is 10.9. The normalized spacial score (nSPS) is 14.9. The van der Waals surface area contributed by atoms with Crippen LogP contribution in [0.4, 0.5) is 0 Å². The molecule has 0 atom stereocenters. The van der Waals surface area contributed by atoms with E-state index in [9.17, 15) is 4.79 Å². The highest BCUT2D eigenvalue weighted by Gasteiger charge is 2.19. The summed E-state index contributed by atoms with van der Waals surface area (Å²) in [5.41, 5.74) is 2.63. The Morgan fingerprint density at radius 1 is 1.53 bits per heavy atom. The minimum absolute atomic E-state index is 0.283. The number of hydrogen-bond acceptors (Lipinski definition) is 4. The molecule has 2 rings (SSSR count). The summed E-state index contributed by atoms with van der Waals surface area (Å²) >= 11 is 6.66. The molecule has 0 saturated heterocycles. The fourth-order valence-corrected chi connectivity index (χ4v) is 2.92. The largest absolute Gasteiger partial charge is 0.462 e. The lowest BCUT2D eigenvalue weighted by Crippen LogP contribution is -2.43. The molecule has 0 amide bonds. The van der Waals surface area contributed by atoms with Crippen LogP contribution in [0.1, 0.15) is 17.4 Å². The van der Waals surface area contributed by atoms with Crippen molar-refractivity contribution in [3.63, 3.8) is 0 Å². The standard InChI is InChI=1S/C13H16N2O2S2/c1-8-4-6-19-11(8)3-5-17-12(16)10-7-14-13(18)15-9(10)2/h4,6H,3,5,7H2,1-2H3,(H2,14,15,18). The Hall–Kier alpha value is -1.40. The van der Waals surface area contributed by atoms with Crippen molar-refractivity contribution in [1.29, 1.82) is 0 Å². The van der Waals surface area contributed by atoms with Crippen LogP contribution in [-0.2, 0) is 16.0 Å². The number of carbonyl (C=O) groups excluding carboxylic acids is 1. The van der Waals surface area contributed by atoms with Crippen molar-refractivity contribution in [2.24, 2.45) is 0 Å². The van der Waals surface area contributed by atoms with Gasteiger partial charge in [0.05, 0.1) is 18.7 Å². The van der Waals surface area contributed by atoms with Gasteiger partial charge in [0.1, 0.15) is 0 Å². The number of hydrogen-bond donors (Lipinski definition) is 2. The van der Waals surface area contributed by atoms with E-state index in [-0.39, 0.29) is 5.97 Å². The van der Waals surface area contributed by atoms with Crippen LogP contribution in [0.5, 0.6) is 0 Å². The minimum atomic E-state index is -0.283. The van der Waals surface area contributed by atoms with Crippen molar-refractivity contribution < 1.29 is 9.53 Å². The van der Waals surface area contributed by atoms with Gasteiger partial charge in [-0.15, -0.1) is 11.3 Å². The smallest absolute Gasteiger partial charge is 0.337 e. The van der Waals surface area contributed by atoms with Gasteiger partial charge in [-0.25, -0.2) is 4.79 Å². The number of rotatable bonds is 4. The van der Waals surface area contributed by atoms with E-state index in [1.54, 1.807) is 11.3 Å². The molecule has 0 fully saturated rings. The number of ether oxygens (including phenoxy) is 1. The highest BCUT2D eigenvalue weighted by molar-refractivity contribution is 7.80. The monoisotopic (exact) mass is 296 g/mol. The lowest BCUT2D eigenvalue weighted by atomic mass is 10.2. The van der Waals surface area contributed by atoms with Crippen molar-refractivity contribution in [3.05, 3.63) is 33.2 Å². The number of thiocarbonyl (C=S) groups is 1. The summed E-state index contributed by atoms with van der Waals surface area (Å²) in [6, 6.07) is 2.07. The molecule has 0 aromatic carbocycles. The quantitative estimate of drug-likeness (QED) is 0.656. The molecule has 1 aliphatic rings. The molecule has 1 aromatic rings. The molecule has 0 unspecified atom stereocenters. The van der Waals surface area contributed by atoms with Crippen molar-refractivity contribution >= 4 is 34.6 Å². The van der Waals surface area contributed by atoms with Crippen LogP contribution >= 0.6 is 23.6 Å². The van der Waals surface area contributed by atoms with E-state index in [2.05, 4.69) is 29.0 Å². The fourth-order valence-electron chi connectivity index (χ4n) is 1.80. The van der Waals surface area contributed by atoms with Gasteiger partial charge in [-0.05, 0) is 43.1 Å². The average molecular weight is 296 g/mol. The first-order valence-corrected chi connectivity index (χ1v) is 7.31. The Labute approximate surface area is 121 Å². The molecule has 6 heteroatoms. The fraction of sp³-hybridized carbons (Fsp3) is 0.385. The molecule has 0 radical (unpaired) electrons. The van der Waals surface area contributed by atoms with Gasteiger partial charge in [-0.1, -0.05) is 0 Å². The van der Waals surface area contributed by atoms with Crippen LogP contribution in [0.25, 0.3) is 0 Å². The predicted molar refractivity (Wildman–Crippen MR) is 80.2 cm³/mol. The molecular weight excluding hydrogens is 280 g/mol. The first-order chi connectivity index (χ1) is 9.08. The Morgan fingerprint density at radius 3 is 2.95 bits per heavy atom. The SMILES string of the molecule is CC1=C(C(=O)OCCc2sccc2C)CNC(=S)N1. The summed E-state index contributed by atoms with van der Waals surface area (Å²) in [7, 11) is 0. The predicted octanol–water partition coefficient (Wildman–Crippen LogP) is 1.89. The highest BCUT2D eigenvalue weighted by atomic mass is 32.1. The summed E-state index contributed by atoms with van der Waals surface area (Å²) in [5, 5.41) is 8.44. The zero-order chi connectivity index (χ0) is 13.8. The third-order valence-corrected chi connectivity index (χ3v) is 4.29. The molecule has 0 aliphatic carbocycles. The molecule has 1 aromatic heterocycles. The molecule has 102 valence electrons. The van der Waals surface area contributed by atoms with E-state index in [1.165, 1.54) is 10.4 Å². The van der Waals surface area contributed by atoms with Crippen LogP contribution in [0.15, 0.2) is 22.7 Å². The summed E-state index contributed by atoms with van der Waals surface area (Å²) in [6.45, 7) is 4.72. The van der Waals surface area contributed by atoms with Gasteiger partial charge in [-0.2, -0.15) is 0 Å². The number of esters is 1. The number of aryl methyl sites for hydroxylation is 1. The highest BCUT2D eigenvalue weighted by Crippen LogP contribution is 2.16. The topological polar surface area (TPSA) is 50.4 Å². The van der Waals surface area contributed by atoms with Gasteiger partial charge >= 0.3 is 5.97 Å². The molecule has 19 heavy (non-hydrogen) atoms. The summed E-state index contributed by atoms with van der Waals surface area (Å²) in [5.74, 6) is -0.283.